The number of alkyl carbamates (subject to hydrolysis) is 2. The van der Waals surface area contributed by atoms with Crippen LogP contribution in [-0.2, 0) is 41.6 Å². The molecule has 0 radical (unpaired) electrons. The van der Waals surface area contributed by atoms with E-state index in [0.29, 0.717) is 18.8 Å². The van der Waals surface area contributed by atoms with Crippen molar-refractivity contribution in [3.05, 3.63) is 131 Å². The molecule has 4 aromatic carbocycles. The minimum absolute atomic E-state index is 0.00537. The van der Waals surface area contributed by atoms with Crippen LogP contribution in [0.15, 0.2) is 97.1 Å². The summed E-state index contributed by atoms with van der Waals surface area (Å²) in [5, 5.41) is 7.70. The third kappa shape index (κ3) is 11.6. The Hall–Kier alpha value is -5.86. The van der Waals surface area contributed by atoms with Crippen LogP contribution in [0.1, 0.15) is 48.9 Å². The molecular weight excluding hydrogens is 738 g/mol. The smallest absolute Gasteiger partial charge is 0.408 e. The van der Waals surface area contributed by atoms with E-state index in [1.165, 1.54) is 11.0 Å². The summed E-state index contributed by atoms with van der Waals surface area (Å²) in [7, 11) is 0. The van der Waals surface area contributed by atoms with Gasteiger partial charge in [0.1, 0.15) is 25.3 Å². The topological polar surface area (TPSA) is 145 Å². The van der Waals surface area contributed by atoms with E-state index in [-0.39, 0.29) is 44.2 Å². The molecule has 14 heteroatoms. The van der Waals surface area contributed by atoms with Crippen molar-refractivity contribution in [3.63, 3.8) is 0 Å². The minimum Gasteiger partial charge on any atom is -0.449 e. The van der Waals surface area contributed by atoms with Gasteiger partial charge in [-0.25, -0.2) is 18.4 Å². The van der Waals surface area contributed by atoms with E-state index >= 15 is 0 Å². The van der Waals surface area contributed by atoms with Crippen molar-refractivity contribution in [1.82, 2.24) is 20.9 Å². The molecule has 302 valence electrons. The Kier molecular flexibility index (Phi) is 15.5. The monoisotopic (exact) mass is 786 g/mol. The van der Waals surface area contributed by atoms with E-state index in [9.17, 15) is 28.0 Å². The largest absolute Gasteiger partial charge is 0.449 e. The molecule has 3 N–H and O–H groups in total. The minimum atomic E-state index is -1.47. The first-order valence-electron chi connectivity index (χ1n) is 18.9. The number of benzene rings is 4. The SMILES string of the molecule is CCOC(CN(CC)C(=O)C(Cc1ccc(F)c(F)c1)NC(=O)C(CNC(=O)OCC1c2ccccc2-c2ccccc21)NC(=O)OCc1ccccc1)OCC. The van der Waals surface area contributed by atoms with Crippen molar-refractivity contribution in [2.45, 2.75) is 58.1 Å². The molecule has 0 heterocycles. The molecule has 0 bridgehead atoms. The molecule has 0 aliphatic heterocycles. The summed E-state index contributed by atoms with van der Waals surface area (Å²) >= 11 is 0. The van der Waals surface area contributed by atoms with Crippen molar-refractivity contribution in [2.24, 2.45) is 0 Å². The van der Waals surface area contributed by atoms with E-state index in [0.717, 1.165) is 34.4 Å². The van der Waals surface area contributed by atoms with Crippen LogP contribution in [0.4, 0.5) is 18.4 Å². The number of nitrogens with one attached hydrogen (secondary N) is 3. The number of carbonyl (C=O) groups is 4. The normalized spacial score (nSPS) is 12.9. The summed E-state index contributed by atoms with van der Waals surface area (Å²) in [6.45, 7) is 5.57. The third-order valence-electron chi connectivity index (χ3n) is 9.42. The van der Waals surface area contributed by atoms with Gasteiger partial charge in [0.25, 0.3) is 0 Å². The number of nitrogens with zero attached hydrogens (tertiary/aromatic N) is 1. The standard InChI is InChI=1S/C43H48F2N4O8/c1-4-49(25-39(54-5-2)55-6-3)41(51)37(23-29-20-21-35(44)36(45)22-29)47-40(50)38(48-43(53)56-26-28-14-8-7-9-15-28)24-46-42(52)57-27-34-32-18-12-10-16-30(32)31-17-11-13-19-33(31)34/h7-22,34,37-39H,4-6,23-27H2,1-3H3,(H,46,52)(H,47,50)(H,48,53). The molecule has 0 saturated heterocycles. The molecule has 0 aromatic heterocycles. The number of amides is 4. The predicted molar refractivity (Wildman–Crippen MR) is 208 cm³/mol. The average molecular weight is 787 g/mol. The van der Waals surface area contributed by atoms with Crippen LogP contribution in [0.3, 0.4) is 0 Å². The van der Waals surface area contributed by atoms with Gasteiger partial charge in [0.15, 0.2) is 17.9 Å². The van der Waals surface area contributed by atoms with E-state index in [1.807, 2.05) is 54.6 Å². The Labute approximate surface area is 330 Å². The summed E-state index contributed by atoms with van der Waals surface area (Å²) < 4.78 is 50.5. The van der Waals surface area contributed by atoms with Gasteiger partial charge in [-0.15, -0.1) is 0 Å². The lowest BCUT2D eigenvalue weighted by Crippen LogP contribution is -2.58. The van der Waals surface area contributed by atoms with Crippen molar-refractivity contribution < 1.29 is 46.9 Å². The third-order valence-corrected chi connectivity index (χ3v) is 9.42. The summed E-state index contributed by atoms with van der Waals surface area (Å²) in [5.41, 5.74) is 5.05. The number of fused-ring (bicyclic) bond motifs is 3. The summed E-state index contributed by atoms with van der Waals surface area (Å²) in [5.74, 6) is -3.86. The van der Waals surface area contributed by atoms with Crippen LogP contribution in [0.5, 0.6) is 0 Å². The molecule has 2 atom stereocenters. The second-order valence-corrected chi connectivity index (χ2v) is 13.2. The molecule has 1 aliphatic rings. The number of halogens is 2. The molecule has 2 unspecified atom stereocenters. The van der Waals surface area contributed by atoms with Crippen LogP contribution >= 0.6 is 0 Å². The molecule has 4 aromatic rings. The number of hydrogen-bond acceptors (Lipinski definition) is 8. The Morgan fingerprint density at radius 3 is 1.95 bits per heavy atom. The van der Waals surface area contributed by atoms with Crippen molar-refractivity contribution in [2.75, 3.05) is 39.5 Å². The van der Waals surface area contributed by atoms with Crippen LogP contribution in [0, 0.1) is 11.6 Å². The van der Waals surface area contributed by atoms with E-state index in [4.69, 9.17) is 18.9 Å². The first-order valence-corrected chi connectivity index (χ1v) is 18.9. The molecule has 4 amide bonds. The van der Waals surface area contributed by atoms with E-state index < -0.39 is 60.6 Å². The molecule has 0 fully saturated rings. The van der Waals surface area contributed by atoms with Crippen LogP contribution in [-0.4, -0.2) is 86.7 Å². The lowest BCUT2D eigenvalue weighted by molar-refractivity contribution is -0.160. The number of hydrogen-bond donors (Lipinski definition) is 3. The Morgan fingerprint density at radius 1 is 0.702 bits per heavy atom. The zero-order valence-corrected chi connectivity index (χ0v) is 32.2. The van der Waals surface area contributed by atoms with Crippen molar-refractivity contribution >= 4 is 24.0 Å². The van der Waals surface area contributed by atoms with Gasteiger partial charge >= 0.3 is 12.2 Å². The molecule has 12 nitrogen and oxygen atoms in total. The maximum Gasteiger partial charge on any atom is 0.408 e. The maximum atomic E-state index is 14.3. The Balaban J connectivity index is 1.32. The Bertz CT molecular complexity index is 1930. The fourth-order valence-electron chi connectivity index (χ4n) is 6.63. The lowest BCUT2D eigenvalue weighted by atomic mass is 9.98. The Morgan fingerprint density at radius 2 is 1.33 bits per heavy atom. The highest BCUT2D eigenvalue weighted by Crippen LogP contribution is 2.44. The summed E-state index contributed by atoms with van der Waals surface area (Å²) in [6.07, 6.45) is -2.82. The number of carbonyl (C=O) groups excluding carboxylic acids is 4. The highest BCUT2D eigenvalue weighted by molar-refractivity contribution is 5.92. The van der Waals surface area contributed by atoms with Gasteiger partial charge in [-0.2, -0.15) is 0 Å². The van der Waals surface area contributed by atoms with Crippen molar-refractivity contribution in [3.8, 4) is 11.1 Å². The second-order valence-electron chi connectivity index (χ2n) is 13.2. The average Bonchev–Trinajstić information content (AvgIpc) is 3.54. The molecule has 0 saturated carbocycles. The lowest BCUT2D eigenvalue weighted by Gasteiger charge is -2.31. The molecular formula is C43H48F2N4O8. The van der Waals surface area contributed by atoms with Gasteiger partial charge in [0.2, 0.25) is 11.8 Å². The first-order chi connectivity index (χ1) is 27.6. The van der Waals surface area contributed by atoms with Gasteiger partial charge in [-0.1, -0.05) is 84.9 Å². The van der Waals surface area contributed by atoms with E-state index in [1.54, 1.807) is 45.0 Å². The maximum absolute atomic E-state index is 14.3. The highest BCUT2D eigenvalue weighted by atomic mass is 19.2. The molecule has 1 aliphatic carbocycles. The number of ether oxygens (including phenoxy) is 4. The quantitative estimate of drug-likeness (QED) is 0.0972. The summed E-state index contributed by atoms with van der Waals surface area (Å²) in [4.78, 5) is 55.8. The predicted octanol–water partition coefficient (Wildman–Crippen LogP) is 6.07. The second kappa shape index (κ2) is 20.9. The van der Waals surface area contributed by atoms with E-state index in [2.05, 4.69) is 16.0 Å². The van der Waals surface area contributed by atoms with Crippen LogP contribution < -0.4 is 16.0 Å². The molecule has 57 heavy (non-hydrogen) atoms. The number of likely N-dealkylation sites (N-methyl/N-ethyl adjacent to an activating group) is 1. The molecule has 0 spiro atoms. The first kappa shape index (κ1) is 42.3. The van der Waals surface area contributed by atoms with Gasteiger partial charge in [-0.05, 0) is 66.3 Å². The zero-order chi connectivity index (χ0) is 40.7. The van der Waals surface area contributed by atoms with Gasteiger partial charge in [0.05, 0.1) is 13.1 Å². The van der Waals surface area contributed by atoms with Gasteiger partial charge in [0, 0.05) is 32.1 Å². The van der Waals surface area contributed by atoms with Crippen LogP contribution in [0.25, 0.3) is 11.1 Å². The van der Waals surface area contributed by atoms with Gasteiger partial charge < -0.3 is 39.8 Å². The van der Waals surface area contributed by atoms with Crippen LogP contribution in [0.2, 0.25) is 0 Å². The van der Waals surface area contributed by atoms with Crippen molar-refractivity contribution in [1.29, 1.82) is 0 Å². The fourth-order valence-corrected chi connectivity index (χ4v) is 6.63. The zero-order valence-electron chi connectivity index (χ0n) is 32.2. The van der Waals surface area contributed by atoms with Gasteiger partial charge in [-0.3, -0.25) is 9.59 Å². The number of rotatable bonds is 19. The summed E-state index contributed by atoms with van der Waals surface area (Å²) in [6, 6.07) is 25.0. The fraction of sp³-hybridized carbons (Fsp3) is 0.349. The molecule has 5 rings (SSSR count). The highest BCUT2D eigenvalue weighted by Gasteiger charge is 2.33.